The number of azo groups is 1. The van der Waals surface area contributed by atoms with Crippen LogP contribution in [0.15, 0.2) is 96.0 Å². The average molecular weight is 775 g/mol. The number of carbonyl (C=O) groups is 2. The van der Waals surface area contributed by atoms with Crippen molar-refractivity contribution in [2.45, 2.75) is 44.3 Å². The van der Waals surface area contributed by atoms with Gasteiger partial charge in [0.05, 0.1) is 39.1 Å². The molecule has 1 saturated heterocycles. The summed E-state index contributed by atoms with van der Waals surface area (Å²) in [6, 6.07) is 15.8. The molecule has 266 valence electrons. The van der Waals surface area contributed by atoms with E-state index in [1.807, 2.05) is 0 Å². The van der Waals surface area contributed by atoms with Gasteiger partial charge in [-0.3, -0.25) is 14.4 Å². The first-order valence-electron chi connectivity index (χ1n) is 14.4. The molecule has 0 aliphatic carbocycles. The number of aromatic carboxylic acids is 2. The van der Waals surface area contributed by atoms with Crippen LogP contribution in [0.25, 0.3) is 0 Å². The number of rotatable bonds is 12. The molecule has 22 heteroatoms. The van der Waals surface area contributed by atoms with Crippen molar-refractivity contribution >= 4 is 71.8 Å². The zero-order valence-corrected chi connectivity index (χ0v) is 29.1. The maximum atomic E-state index is 11.6. The Bertz CT molecular complexity index is 2240. The maximum Gasteiger partial charge on any atom is 0.336 e. The van der Waals surface area contributed by atoms with Crippen molar-refractivity contribution in [1.82, 2.24) is 15.5 Å². The minimum Gasteiger partial charge on any atom is -0.478 e. The fourth-order valence-corrected chi connectivity index (χ4v) is 7.74. The van der Waals surface area contributed by atoms with Crippen molar-refractivity contribution < 1.29 is 45.7 Å². The van der Waals surface area contributed by atoms with Crippen molar-refractivity contribution in [3.05, 3.63) is 77.9 Å². The summed E-state index contributed by atoms with van der Waals surface area (Å²) in [4.78, 5) is 22.7. The lowest BCUT2D eigenvalue weighted by Crippen LogP contribution is -2.63. The Hall–Kier alpha value is -5.02. The van der Waals surface area contributed by atoms with Gasteiger partial charge in [0.15, 0.2) is 4.34 Å². The highest BCUT2D eigenvalue weighted by Crippen LogP contribution is 2.36. The zero-order chi connectivity index (χ0) is 37.1. The number of nitrogens with one attached hydrogen (secondary N) is 3. The van der Waals surface area contributed by atoms with Gasteiger partial charge < -0.3 is 20.8 Å². The number of hydrogen-bond acceptors (Lipinski definition) is 16. The molecule has 5 atom stereocenters. The molecule has 1 aromatic heterocycles. The van der Waals surface area contributed by atoms with Gasteiger partial charge in [0.2, 0.25) is 0 Å². The van der Waals surface area contributed by atoms with Gasteiger partial charge in [-0.2, -0.15) is 27.2 Å². The molecule has 0 spiro atoms. The van der Waals surface area contributed by atoms with Crippen LogP contribution < -0.4 is 16.0 Å². The van der Waals surface area contributed by atoms with Gasteiger partial charge in [-0.25, -0.2) is 9.59 Å². The molecule has 5 rings (SSSR count). The summed E-state index contributed by atoms with van der Waals surface area (Å²) in [7, 11) is -8.87. The standard InChI is InChI=1S/C29H26N8O10S4/c1-14-22(13-30)24(31-15-2-7-18(8-3-15)50(42,43)44)33-25(32-16-4-9-19(10-5-16)51(45,46)47)23(14)34-35-28-36-37-29(49-28)48-17-6-11-20(26(38)39)21(12-17)27(40)41/h2-12,14,22-25,31-33H,1H3,(H,38,39)(H,40,41)(H,42,43,44)(H,45,46,47). The zero-order valence-electron chi connectivity index (χ0n) is 25.8. The third-order valence-corrected chi connectivity index (χ3v) is 11.2. The van der Waals surface area contributed by atoms with E-state index in [1.54, 1.807) is 6.92 Å². The Labute approximate surface area is 298 Å². The van der Waals surface area contributed by atoms with E-state index in [0.29, 0.717) is 20.6 Å². The largest absolute Gasteiger partial charge is 0.478 e. The molecule has 2 heterocycles. The van der Waals surface area contributed by atoms with Crippen LogP contribution in [0.1, 0.15) is 27.6 Å². The summed E-state index contributed by atoms with van der Waals surface area (Å²) in [6.07, 6.45) is -1.50. The van der Waals surface area contributed by atoms with E-state index in [9.17, 15) is 51.0 Å². The quantitative estimate of drug-likeness (QED) is 0.0780. The van der Waals surface area contributed by atoms with Gasteiger partial charge in [-0.05, 0) is 66.7 Å². The lowest BCUT2D eigenvalue weighted by atomic mass is 9.81. The summed E-state index contributed by atoms with van der Waals surface area (Å²) in [5.41, 5.74) is 0.0882. The third-order valence-electron chi connectivity index (χ3n) is 7.59. The molecule has 0 bridgehead atoms. The Balaban J connectivity index is 1.40. The molecule has 1 fully saturated rings. The number of hydrogen-bond donors (Lipinski definition) is 7. The van der Waals surface area contributed by atoms with Crippen LogP contribution in [0.3, 0.4) is 0 Å². The van der Waals surface area contributed by atoms with Crippen LogP contribution in [0.5, 0.6) is 0 Å². The van der Waals surface area contributed by atoms with E-state index in [0.717, 1.165) is 23.1 Å². The summed E-state index contributed by atoms with van der Waals surface area (Å²) in [5.74, 6) is -4.04. The highest BCUT2D eigenvalue weighted by atomic mass is 32.2. The van der Waals surface area contributed by atoms with Gasteiger partial charge in [0, 0.05) is 22.2 Å². The Morgan fingerprint density at radius 1 is 0.863 bits per heavy atom. The molecule has 0 saturated carbocycles. The molecule has 51 heavy (non-hydrogen) atoms. The van der Waals surface area contributed by atoms with Gasteiger partial charge >= 0.3 is 11.9 Å². The second-order valence-corrected chi connectivity index (χ2v) is 16.0. The molecule has 1 aliphatic rings. The first-order valence-corrected chi connectivity index (χ1v) is 18.9. The molecule has 4 aromatic rings. The minimum atomic E-state index is -4.45. The summed E-state index contributed by atoms with van der Waals surface area (Å²) >= 11 is 2.06. The average Bonchev–Trinajstić information content (AvgIpc) is 3.51. The second kappa shape index (κ2) is 15.1. The van der Waals surface area contributed by atoms with Crippen LogP contribution in [0.4, 0.5) is 16.5 Å². The minimum absolute atomic E-state index is 0.120. The molecular formula is C29H26N8O10S4. The summed E-state index contributed by atoms with van der Waals surface area (Å²) in [5, 5.41) is 55.4. The maximum absolute atomic E-state index is 11.6. The lowest BCUT2D eigenvalue weighted by molar-refractivity contribution is 0.0651. The van der Waals surface area contributed by atoms with Crippen molar-refractivity contribution in [3.63, 3.8) is 0 Å². The number of carboxylic acids is 2. The molecule has 0 radical (unpaired) electrons. The Kier molecular flexibility index (Phi) is 11.0. The number of aromatic nitrogens is 2. The van der Waals surface area contributed by atoms with Gasteiger partial charge in [0.25, 0.3) is 25.4 Å². The smallest absolute Gasteiger partial charge is 0.336 e. The fourth-order valence-electron chi connectivity index (χ4n) is 5.09. The monoisotopic (exact) mass is 774 g/mol. The molecule has 0 amide bonds. The third kappa shape index (κ3) is 9.02. The topological polar surface area (TPSA) is 294 Å². The van der Waals surface area contributed by atoms with Crippen molar-refractivity contribution in [1.29, 1.82) is 5.26 Å². The highest BCUT2D eigenvalue weighted by molar-refractivity contribution is 8.01. The number of anilines is 2. The first kappa shape index (κ1) is 37.2. The molecular weight excluding hydrogens is 749 g/mol. The Morgan fingerprint density at radius 3 is 1.92 bits per heavy atom. The number of benzene rings is 3. The van der Waals surface area contributed by atoms with E-state index in [2.05, 4.69) is 42.4 Å². The normalized spacial score (nSPS) is 20.8. The van der Waals surface area contributed by atoms with Crippen molar-refractivity contribution in [3.8, 4) is 6.07 Å². The predicted octanol–water partition coefficient (Wildman–Crippen LogP) is 4.29. The van der Waals surface area contributed by atoms with Crippen LogP contribution in [-0.2, 0) is 20.2 Å². The van der Waals surface area contributed by atoms with E-state index in [1.165, 1.54) is 66.7 Å². The number of carboxylic acid groups (broad SMARTS) is 2. The van der Waals surface area contributed by atoms with E-state index < -0.39 is 67.9 Å². The molecule has 7 N–H and O–H groups in total. The van der Waals surface area contributed by atoms with Crippen LogP contribution >= 0.6 is 23.1 Å². The fraction of sp³-hybridized carbons (Fsp3) is 0.207. The highest BCUT2D eigenvalue weighted by Gasteiger charge is 2.43. The molecule has 3 aromatic carbocycles. The Morgan fingerprint density at radius 2 is 1.41 bits per heavy atom. The molecule has 18 nitrogen and oxygen atoms in total. The van der Waals surface area contributed by atoms with E-state index >= 15 is 0 Å². The predicted molar refractivity (Wildman–Crippen MR) is 181 cm³/mol. The van der Waals surface area contributed by atoms with Gasteiger partial charge in [-0.15, -0.1) is 15.3 Å². The summed E-state index contributed by atoms with van der Waals surface area (Å²) < 4.78 is 65.1. The number of piperidine rings is 1. The van der Waals surface area contributed by atoms with Gasteiger partial charge in [0.1, 0.15) is 12.2 Å². The van der Waals surface area contributed by atoms with Crippen molar-refractivity contribution in [2.75, 3.05) is 10.6 Å². The molecule has 5 unspecified atom stereocenters. The first-order chi connectivity index (χ1) is 24.0. The van der Waals surface area contributed by atoms with Gasteiger partial charge in [-0.1, -0.05) is 30.0 Å². The van der Waals surface area contributed by atoms with Crippen LogP contribution in [0.2, 0.25) is 0 Å². The molecule has 1 aliphatic heterocycles. The second-order valence-electron chi connectivity index (χ2n) is 10.9. The number of nitriles is 1. The van der Waals surface area contributed by atoms with E-state index in [-0.39, 0.29) is 20.5 Å². The summed E-state index contributed by atoms with van der Waals surface area (Å²) in [6.45, 7) is 1.77. The van der Waals surface area contributed by atoms with Crippen molar-refractivity contribution in [2.24, 2.45) is 22.1 Å². The van der Waals surface area contributed by atoms with Crippen LogP contribution in [-0.4, -0.2) is 76.7 Å². The van der Waals surface area contributed by atoms with Crippen LogP contribution in [0, 0.1) is 23.2 Å². The SMILES string of the molecule is CC1C(C#N)C(Nc2ccc(S(=O)(=O)O)cc2)NC(Nc2ccc(S(=O)(=O)O)cc2)C1N=Nc1nnc(Sc2ccc(C(=O)O)c(C(=O)O)c2)s1. The lowest BCUT2D eigenvalue weighted by Gasteiger charge is -2.43. The van der Waals surface area contributed by atoms with E-state index in [4.69, 9.17) is 0 Å². The number of nitrogens with zero attached hydrogens (tertiary/aromatic N) is 5.